The fourth-order valence-electron chi connectivity index (χ4n) is 0.696. The molecule has 1 aromatic heterocycles. The number of hydrogen-bond donors (Lipinski definition) is 3. The number of rotatable bonds is 0. The molecule has 1 aromatic carbocycles. The third-order valence-corrected chi connectivity index (χ3v) is 1.24. The monoisotopic (exact) mass is 257 g/mol. The summed E-state index contributed by atoms with van der Waals surface area (Å²) < 4.78 is 0. The Morgan fingerprint density at radius 2 is 1.62 bits per heavy atom. The van der Waals surface area contributed by atoms with Gasteiger partial charge in [-0.05, 0) is 6.92 Å². The molecule has 0 atom stereocenters. The number of aliphatic hydroxyl groups is 2. The molecule has 2 aromatic rings. The van der Waals surface area contributed by atoms with Crippen LogP contribution in [-0.2, 0) is 21.7 Å². The van der Waals surface area contributed by atoms with Crippen molar-refractivity contribution in [2.75, 3.05) is 14.2 Å². The van der Waals surface area contributed by atoms with Crippen LogP contribution in [0.5, 0.6) is 0 Å². The number of aromatic nitrogens is 1. The van der Waals surface area contributed by atoms with E-state index in [1.165, 1.54) is 0 Å². The van der Waals surface area contributed by atoms with Gasteiger partial charge in [-0.2, -0.15) is 18.2 Å². The molecular formula is C12H19NO2Ti. The minimum absolute atomic E-state index is 0. The van der Waals surface area contributed by atoms with E-state index >= 15 is 0 Å². The first-order chi connectivity index (χ1) is 7.39. The van der Waals surface area contributed by atoms with Gasteiger partial charge in [0.15, 0.2) is 0 Å². The normalized spacial score (nSPS) is 6.56. The number of H-pyrrole nitrogens is 1. The number of aliphatic hydroxyl groups excluding tert-OH is 2. The molecular weight excluding hydrogens is 238 g/mol. The second-order valence-electron chi connectivity index (χ2n) is 2.21. The van der Waals surface area contributed by atoms with Crippen molar-refractivity contribution in [3.8, 4) is 0 Å². The minimum atomic E-state index is 0. The van der Waals surface area contributed by atoms with Crippen molar-refractivity contribution in [1.29, 1.82) is 0 Å². The van der Waals surface area contributed by atoms with Crippen molar-refractivity contribution in [2.24, 2.45) is 0 Å². The van der Waals surface area contributed by atoms with E-state index in [0.29, 0.717) is 0 Å². The number of aromatic amines is 1. The zero-order chi connectivity index (χ0) is 11.9. The van der Waals surface area contributed by atoms with Gasteiger partial charge in [-0.25, -0.2) is 24.3 Å². The molecule has 1 heterocycles. The summed E-state index contributed by atoms with van der Waals surface area (Å²) >= 11 is 0. The van der Waals surface area contributed by atoms with Crippen LogP contribution in [0, 0.1) is 13.0 Å². The molecule has 0 radical (unpaired) electrons. The third-order valence-electron chi connectivity index (χ3n) is 1.24. The Balaban J connectivity index is -0.000000156. The number of aryl methyl sites for hydroxylation is 1. The van der Waals surface area contributed by atoms with Crippen molar-refractivity contribution in [2.45, 2.75) is 6.92 Å². The van der Waals surface area contributed by atoms with Crippen molar-refractivity contribution in [3.63, 3.8) is 0 Å². The van der Waals surface area contributed by atoms with Gasteiger partial charge < -0.3 is 15.2 Å². The Morgan fingerprint density at radius 3 is 1.75 bits per heavy atom. The van der Waals surface area contributed by atoms with Gasteiger partial charge in [-0.15, -0.1) is 6.20 Å². The summed E-state index contributed by atoms with van der Waals surface area (Å²) in [5, 5.41) is 14.0. The van der Waals surface area contributed by atoms with E-state index in [-0.39, 0.29) is 21.7 Å². The molecule has 0 amide bonds. The van der Waals surface area contributed by atoms with Crippen LogP contribution in [0.25, 0.3) is 0 Å². The molecule has 3 N–H and O–H groups in total. The van der Waals surface area contributed by atoms with E-state index in [0.717, 1.165) is 19.9 Å². The van der Waals surface area contributed by atoms with Crippen LogP contribution < -0.4 is 0 Å². The van der Waals surface area contributed by atoms with E-state index in [2.05, 4.69) is 11.1 Å². The Morgan fingerprint density at radius 1 is 1.12 bits per heavy atom. The first-order valence-electron chi connectivity index (χ1n) is 4.47. The maximum atomic E-state index is 7.00. The molecule has 0 fully saturated rings. The molecule has 4 heteroatoms. The predicted molar refractivity (Wildman–Crippen MR) is 62.7 cm³/mol. The van der Waals surface area contributed by atoms with E-state index in [1.807, 2.05) is 49.5 Å². The molecule has 88 valence electrons. The van der Waals surface area contributed by atoms with E-state index < -0.39 is 0 Å². The van der Waals surface area contributed by atoms with E-state index in [9.17, 15) is 0 Å². The average molecular weight is 257 g/mol. The fraction of sp³-hybridized carbons (Fsp3) is 0.250. The molecule has 0 aliphatic rings. The first-order valence-corrected chi connectivity index (χ1v) is 4.47. The maximum Gasteiger partial charge on any atom is 2.00 e. The summed E-state index contributed by atoms with van der Waals surface area (Å²) in [5.74, 6) is 0. The standard InChI is InChI=1S/C5H6N.C5H5.2CH4O.Ti/c1-5-3-2-4-6-5;1-2-4-5-3-1;2*1-2;/h2,4,6H,1H3;1-5H;2*2H,1H3;/q2*-1;;;+2. The Kier molecular flexibility index (Phi) is 25.5. The summed E-state index contributed by atoms with van der Waals surface area (Å²) in [6.07, 6.45) is 1.86. The maximum absolute atomic E-state index is 7.00. The van der Waals surface area contributed by atoms with Gasteiger partial charge in [0, 0.05) is 14.2 Å². The van der Waals surface area contributed by atoms with Crippen LogP contribution in [0.4, 0.5) is 0 Å². The van der Waals surface area contributed by atoms with Crippen LogP contribution in [0.3, 0.4) is 0 Å². The van der Waals surface area contributed by atoms with Gasteiger partial charge in [0.2, 0.25) is 0 Å². The van der Waals surface area contributed by atoms with Crippen molar-refractivity contribution in [3.05, 3.63) is 54.4 Å². The molecule has 0 aliphatic heterocycles. The molecule has 0 saturated carbocycles. The number of nitrogens with one attached hydrogen (secondary N) is 1. The van der Waals surface area contributed by atoms with Gasteiger partial charge in [-0.1, -0.05) is 5.69 Å². The van der Waals surface area contributed by atoms with Crippen LogP contribution in [-0.4, -0.2) is 29.4 Å². The third kappa shape index (κ3) is 15.7. The van der Waals surface area contributed by atoms with Gasteiger partial charge in [-0.3, -0.25) is 0 Å². The molecule has 0 saturated heterocycles. The zero-order valence-corrected chi connectivity index (χ0v) is 11.5. The zero-order valence-electron chi connectivity index (χ0n) is 9.94. The average Bonchev–Trinajstić information content (AvgIpc) is 2.98. The van der Waals surface area contributed by atoms with Crippen LogP contribution in [0.1, 0.15) is 5.69 Å². The van der Waals surface area contributed by atoms with Crippen LogP contribution in [0.15, 0.2) is 42.6 Å². The SMILES string of the molecule is CO.CO.Cc1[c-]cc[nH]1.[Ti+2].c1cc[cH-]c1. The van der Waals surface area contributed by atoms with Gasteiger partial charge >= 0.3 is 21.7 Å². The molecule has 2 rings (SSSR count). The molecule has 0 unspecified atom stereocenters. The van der Waals surface area contributed by atoms with Gasteiger partial charge in [0.05, 0.1) is 0 Å². The largest absolute Gasteiger partial charge is 2.00 e. The Bertz CT molecular complexity index is 237. The summed E-state index contributed by atoms with van der Waals surface area (Å²) in [7, 11) is 2.00. The van der Waals surface area contributed by atoms with Crippen LogP contribution >= 0.6 is 0 Å². The predicted octanol–water partition coefficient (Wildman–Crippen LogP) is 1.74. The van der Waals surface area contributed by atoms with Gasteiger partial charge in [0.25, 0.3) is 0 Å². The number of hydrogen-bond acceptors (Lipinski definition) is 2. The second kappa shape index (κ2) is 19.8. The minimum Gasteiger partial charge on any atom is -0.459 e. The molecule has 16 heavy (non-hydrogen) atoms. The Hall–Kier alpha value is -0.736. The fourth-order valence-corrected chi connectivity index (χ4v) is 0.696. The molecule has 0 bridgehead atoms. The van der Waals surface area contributed by atoms with Crippen molar-refractivity contribution >= 4 is 0 Å². The van der Waals surface area contributed by atoms with Crippen LogP contribution in [0.2, 0.25) is 0 Å². The summed E-state index contributed by atoms with van der Waals surface area (Å²) in [6.45, 7) is 1.97. The topological polar surface area (TPSA) is 56.2 Å². The second-order valence-corrected chi connectivity index (χ2v) is 2.21. The molecule has 0 spiro atoms. The first kappa shape index (κ1) is 20.6. The van der Waals surface area contributed by atoms with E-state index in [4.69, 9.17) is 10.2 Å². The van der Waals surface area contributed by atoms with Crippen molar-refractivity contribution in [1.82, 2.24) is 4.98 Å². The summed E-state index contributed by atoms with van der Waals surface area (Å²) in [4.78, 5) is 2.94. The quantitative estimate of drug-likeness (QED) is 0.497. The Labute approximate surface area is 112 Å². The summed E-state index contributed by atoms with van der Waals surface area (Å²) in [6, 6.07) is 14.8. The molecule has 3 nitrogen and oxygen atoms in total. The molecule has 0 aliphatic carbocycles. The van der Waals surface area contributed by atoms with Gasteiger partial charge in [0.1, 0.15) is 0 Å². The van der Waals surface area contributed by atoms with Crippen molar-refractivity contribution < 1.29 is 31.9 Å². The summed E-state index contributed by atoms with van der Waals surface area (Å²) in [5.41, 5.74) is 1.09. The smallest absolute Gasteiger partial charge is 0.459 e. The van der Waals surface area contributed by atoms with E-state index in [1.54, 1.807) is 0 Å².